The average molecular weight is 286 g/mol. The van der Waals surface area contributed by atoms with Gasteiger partial charge in [-0.3, -0.25) is 4.79 Å². The van der Waals surface area contributed by atoms with Crippen LogP contribution in [0.1, 0.15) is 24.0 Å². The number of likely N-dealkylation sites (tertiary alicyclic amines) is 1. The van der Waals surface area contributed by atoms with Gasteiger partial charge in [0.25, 0.3) is 0 Å². The molecular weight excluding hydrogens is 269 g/mol. The van der Waals surface area contributed by atoms with E-state index in [4.69, 9.17) is 5.73 Å². The number of alkyl halides is 3. The number of amides is 1. The van der Waals surface area contributed by atoms with E-state index in [0.717, 1.165) is 18.9 Å². The molecule has 0 aliphatic carbocycles. The first kappa shape index (κ1) is 14.8. The van der Waals surface area contributed by atoms with E-state index in [-0.39, 0.29) is 23.9 Å². The Hall–Kier alpha value is -1.56. The average Bonchev–Trinajstić information content (AvgIpc) is 2.86. The SMILES string of the molecule is NCC1CCCN1C(=O)Cc1ccccc1C(F)(F)F. The van der Waals surface area contributed by atoms with E-state index in [9.17, 15) is 18.0 Å². The van der Waals surface area contributed by atoms with Crippen LogP contribution in [0.15, 0.2) is 24.3 Å². The highest BCUT2D eigenvalue weighted by Crippen LogP contribution is 2.32. The molecule has 0 radical (unpaired) electrons. The molecule has 2 N–H and O–H groups in total. The molecule has 0 bridgehead atoms. The fraction of sp³-hybridized carbons (Fsp3) is 0.500. The summed E-state index contributed by atoms with van der Waals surface area (Å²) in [5, 5.41) is 0. The highest BCUT2D eigenvalue weighted by atomic mass is 19.4. The Bertz CT molecular complexity index is 488. The second kappa shape index (κ2) is 5.83. The van der Waals surface area contributed by atoms with Crippen molar-refractivity contribution < 1.29 is 18.0 Å². The maximum atomic E-state index is 12.9. The van der Waals surface area contributed by atoms with E-state index in [1.54, 1.807) is 4.90 Å². The standard InChI is InChI=1S/C14H17F3N2O/c15-14(16,17)12-6-2-1-4-10(12)8-13(20)19-7-3-5-11(19)9-18/h1-2,4,6,11H,3,5,7-9,18H2. The molecule has 1 heterocycles. The minimum Gasteiger partial charge on any atom is -0.338 e. The molecule has 1 aliphatic heterocycles. The van der Waals surface area contributed by atoms with Gasteiger partial charge >= 0.3 is 6.18 Å². The number of nitrogens with zero attached hydrogens (tertiary/aromatic N) is 1. The number of nitrogens with two attached hydrogens (primary N) is 1. The van der Waals surface area contributed by atoms with Crippen molar-refractivity contribution in [3.63, 3.8) is 0 Å². The number of halogens is 3. The van der Waals surface area contributed by atoms with Gasteiger partial charge in [-0.2, -0.15) is 13.2 Å². The van der Waals surface area contributed by atoms with Crippen LogP contribution in [-0.4, -0.2) is 29.9 Å². The van der Waals surface area contributed by atoms with E-state index >= 15 is 0 Å². The molecule has 1 atom stereocenters. The van der Waals surface area contributed by atoms with Crippen molar-refractivity contribution in [3.05, 3.63) is 35.4 Å². The van der Waals surface area contributed by atoms with Gasteiger partial charge in [0.05, 0.1) is 12.0 Å². The summed E-state index contributed by atoms with van der Waals surface area (Å²) >= 11 is 0. The van der Waals surface area contributed by atoms with Crippen LogP contribution in [0.3, 0.4) is 0 Å². The Morgan fingerprint density at radius 1 is 1.35 bits per heavy atom. The highest BCUT2D eigenvalue weighted by molar-refractivity contribution is 5.79. The van der Waals surface area contributed by atoms with Crippen molar-refractivity contribution in [2.24, 2.45) is 5.73 Å². The topological polar surface area (TPSA) is 46.3 Å². The lowest BCUT2D eigenvalue weighted by Crippen LogP contribution is -2.40. The van der Waals surface area contributed by atoms with Crippen molar-refractivity contribution in [2.45, 2.75) is 31.5 Å². The van der Waals surface area contributed by atoms with Gasteiger partial charge in [-0.15, -0.1) is 0 Å². The van der Waals surface area contributed by atoms with E-state index in [2.05, 4.69) is 0 Å². The van der Waals surface area contributed by atoms with Crippen molar-refractivity contribution in [3.8, 4) is 0 Å². The molecule has 1 aliphatic rings. The van der Waals surface area contributed by atoms with Crippen molar-refractivity contribution in [2.75, 3.05) is 13.1 Å². The summed E-state index contributed by atoms with van der Waals surface area (Å²) in [6.45, 7) is 0.932. The predicted octanol–water partition coefficient (Wildman–Crippen LogP) is 2.20. The summed E-state index contributed by atoms with van der Waals surface area (Å²) in [4.78, 5) is 13.8. The quantitative estimate of drug-likeness (QED) is 0.926. The summed E-state index contributed by atoms with van der Waals surface area (Å²) in [6.07, 6.45) is -2.99. The second-order valence-electron chi connectivity index (χ2n) is 4.95. The smallest absolute Gasteiger partial charge is 0.338 e. The molecule has 1 aromatic carbocycles. The zero-order valence-corrected chi connectivity index (χ0v) is 11.0. The van der Waals surface area contributed by atoms with Crippen LogP contribution in [0.5, 0.6) is 0 Å². The Labute approximate surface area is 115 Å². The normalized spacial score (nSPS) is 19.4. The van der Waals surface area contributed by atoms with E-state index in [1.807, 2.05) is 0 Å². The van der Waals surface area contributed by atoms with E-state index in [1.165, 1.54) is 18.2 Å². The number of hydrogen-bond acceptors (Lipinski definition) is 2. The van der Waals surface area contributed by atoms with Gasteiger partial charge in [0.1, 0.15) is 0 Å². The first-order valence-corrected chi connectivity index (χ1v) is 6.58. The number of hydrogen-bond donors (Lipinski definition) is 1. The van der Waals surface area contributed by atoms with Gasteiger partial charge in [0.2, 0.25) is 5.91 Å². The molecule has 1 unspecified atom stereocenters. The van der Waals surface area contributed by atoms with Crippen molar-refractivity contribution in [1.29, 1.82) is 0 Å². The lowest BCUT2D eigenvalue weighted by Gasteiger charge is -2.24. The first-order valence-electron chi connectivity index (χ1n) is 6.58. The summed E-state index contributed by atoms with van der Waals surface area (Å²) < 4.78 is 38.6. The molecule has 1 aromatic rings. The molecule has 6 heteroatoms. The molecule has 3 nitrogen and oxygen atoms in total. The monoisotopic (exact) mass is 286 g/mol. The Morgan fingerprint density at radius 3 is 2.70 bits per heavy atom. The third-order valence-electron chi connectivity index (χ3n) is 3.63. The van der Waals surface area contributed by atoms with Gasteiger partial charge in [-0.1, -0.05) is 18.2 Å². The zero-order valence-electron chi connectivity index (χ0n) is 11.0. The van der Waals surface area contributed by atoms with E-state index < -0.39 is 11.7 Å². The van der Waals surface area contributed by atoms with Crippen LogP contribution in [0.4, 0.5) is 13.2 Å². The van der Waals surface area contributed by atoms with Crippen LogP contribution in [0, 0.1) is 0 Å². The maximum absolute atomic E-state index is 12.9. The molecule has 1 amide bonds. The first-order chi connectivity index (χ1) is 9.43. The molecular formula is C14H17F3N2O. The van der Waals surface area contributed by atoms with Gasteiger partial charge in [0, 0.05) is 19.1 Å². The van der Waals surface area contributed by atoms with Crippen LogP contribution in [0.2, 0.25) is 0 Å². The third-order valence-corrected chi connectivity index (χ3v) is 3.63. The minimum atomic E-state index is -4.44. The highest BCUT2D eigenvalue weighted by Gasteiger charge is 2.34. The Morgan fingerprint density at radius 2 is 2.05 bits per heavy atom. The van der Waals surface area contributed by atoms with Crippen LogP contribution >= 0.6 is 0 Å². The van der Waals surface area contributed by atoms with Gasteiger partial charge in [0.15, 0.2) is 0 Å². The predicted molar refractivity (Wildman–Crippen MR) is 68.9 cm³/mol. The number of rotatable bonds is 3. The molecule has 0 spiro atoms. The fourth-order valence-corrected chi connectivity index (χ4v) is 2.62. The van der Waals surface area contributed by atoms with E-state index in [0.29, 0.717) is 13.1 Å². The Kier molecular flexibility index (Phi) is 4.32. The number of carbonyl (C=O) groups is 1. The number of benzene rings is 1. The van der Waals surface area contributed by atoms with Crippen molar-refractivity contribution >= 4 is 5.91 Å². The molecule has 0 aromatic heterocycles. The van der Waals surface area contributed by atoms with Gasteiger partial charge in [-0.05, 0) is 24.5 Å². The van der Waals surface area contributed by atoms with Crippen molar-refractivity contribution in [1.82, 2.24) is 4.90 Å². The molecule has 1 saturated heterocycles. The lowest BCUT2D eigenvalue weighted by molar-refractivity contribution is -0.138. The summed E-state index contributed by atoms with van der Waals surface area (Å²) in [5.74, 6) is -0.283. The summed E-state index contributed by atoms with van der Waals surface area (Å²) in [5.41, 5.74) is 4.86. The van der Waals surface area contributed by atoms with Gasteiger partial charge in [-0.25, -0.2) is 0 Å². The second-order valence-corrected chi connectivity index (χ2v) is 4.95. The summed E-state index contributed by atoms with van der Waals surface area (Å²) in [6, 6.07) is 5.17. The van der Waals surface area contributed by atoms with Crippen LogP contribution in [0.25, 0.3) is 0 Å². The Balaban J connectivity index is 2.16. The number of carbonyl (C=O) groups excluding carboxylic acids is 1. The molecule has 0 saturated carbocycles. The fourth-order valence-electron chi connectivity index (χ4n) is 2.62. The summed E-state index contributed by atoms with van der Waals surface area (Å²) in [7, 11) is 0. The molecule has 110 valence electrons. The molecule has 1 fully saturated rings. The zero-order chi connectivity index (χ0) is 14.8. The largest absolute Gasteiger partial charge is 0.416 e. The van der Waals surface area contributed by atoms with Crippen LogP contribution in [-0.2, 0) is 17.4 Å². The lowest BCUT2D eigenvalue weighted by atomic mass is 10.0. The van der Waals surface area contributed by atoms with Gasteiger partial charge < -0.3 is 10.6 Å². The third kappa shape index (κ3) is 3.12. The maximum Gasteiger partial charge on any atom is 0.416 e. The molecule has 2 rings (SSSR count). The minimum absolute atomic E-state index is 0.0210. The van der Waals surface area contributed by atoms with Crippen LogP contribution < -0.4 is 5.73 Å². The molecule has 20 heavy (non-hydrogen) atoms.